The average molecular weight is 240 g/mol. The van der Waals surface area contributed by atoms with Crippen molar-refractivity contribution in [1.29, 1.82) is 0 Å². The average Bonchev–Trinajstić information content (AvgIpc) is 2.58. The number of benzene rings is 1. The van der Waals surface area contributed by atoms with Gasteiger partial charge in [0.05, 0.1) is 0 Å². The topological polar surface area (TPSA) is 103 Å². The third-order valence-electron chi connectivity index (χ3n) is 1.99. The summed E-state index contributed by atoms with van der Waals surface area (Å²) in [6.45, 7) is 1.28. The molecule has 0 bridgehead atoms. The van der Waals surface area contributed by atoms with Crippen LogP contribution in [-0.4, -0.2) is 19.2 Å². The normalized spacial score (nSPS) is 11.9. The van der Waals surface area contributed by atoms with Gasteiger partial charge in [-0.25, -0.2) is 18.5 Å². The van der Waals surface area contributed by atoms with Crippen molar-refractivity contribution in [1.82, 2.24) is 4.98 Å². The fraction of sp³-hybridized carbons (Fsp3) is 0.111. The highest BCUT2D eigenvalue weighted by molar-refractivity contribution is 7.89. The van der Waals surface area contributed by atoms with Gasteiger partial charge < -0.3 is 4.42 Å². The van der Waals surface area contributed by atoms with Crippen LogP contribution in [0, 0.1) is 0 Å². The molecule has 1 aromatic heterocycles. The molecule has 0 aliphatic carbocycles. The van der Waals surface area contributed by atoms with E-state index in [-0.39, 0.29) is 27.7 Å². The van der Waals surface area contributed by atoms with E-state index >= 15 is 0 Å². The summed E-state index contributed by atoms with van der Waals surface area (Å²) in [5.74, 6) is -0.511. The molecule has 0 saturated carbocycles. The van der Waals surface area contributed by atoms with Gasteiger partial charge in [-0.2, -0.15) is 0 Å². The molecule has 0 aliphatic rings. The van der Waals surface area contributed by atoms with Crippen molar-refractivity contribution in [3.8, 4) is 0 Å². The molecule has 0 spiro atoms. The Bertz CT molecular complexity index is 672. The molecule has 84 valence electrons. The van der Waals surface area contributed by atoms with Crippen molar-refractivity contribution in [2.24, 2.45) is 5.14 Å². The Morgan fingerprint density at radius 2 is 2.12 bits per heavy atom. The number of para-hydroxylation sites is 1. The van der Waals surface area contributed by atoms with Crippen molar-refractivity contribution >= 4 is 26.9 Å². The number of carbonyl (C=O) groups is 1. The second kappa shape index (κ2) is 3.39. The molecular formula is C9H8N2O4S. The van der Waals surface area contributed by atoms with Gasteiger partial charge in [-0.15, -0.1) is 0 Å². The maximum Gasteiger partial charge on any atom is 0.263 e. The number of fused-ring (bicyclic) bond motifs is 1. The van der Waals surface area contributed by atoms with Crippen molar-refractivity contribution in [2.45, 2.75) is 11.8 Å². The third kappa shape index (κ3) is 1.70. The van der Waals surface area contributed by atoms with Gasteiger partial charge in [0.2, 0.25) is 15.8 Å². The number of carbonyl (C=O) groups excluding carboxylic acids is 1. The van der Waals surface area contributed by atoms with Gasteiger partial charge >= 0.3 is 0 Å². The van der Waals surface area contributed by atoms with E-state index in [1.165, 1.54) is 19.1 Å². The van der Waals surface area contributed by atoms with Gasteiger partial charge in [0, 0.05) is 6.92 Å². The van der Waals surface area contributed by atoms with E-state index in [1.54, 1.807) is 6.07 Å². The molecular weight excluding hydrogens is 232 g/mol. The predicted octanol–water partition coefficient (Wildman–Crippen LogP) is 0.678. The first kappa shape index (κ1) is 10.8. The van der Waals surface area contributed by atoms with Crippen LogP contribution in [0.5, 0.6) is 0 Å². The van der Waals surface area contributed by atoms with Crippen LogP contribution >= 0.6 is 0 Å². The van der Waals surface area contributed by atoms with Crippen molar-refractivity contribution in [3.63, 3.8) is 0 Å². The number of aromatic nitrogens is 1. The smallest absolute Gasteiger partial charge is 0.263 e. The highest BCUT2D eigenvalue weighted by Crippen LogP contribution is 2.22. The summed E-state index contributed by atoms with van der Waals surface area (Å²) in [4.78, 5) is 14.7. The lowest BCUT2D eigenvalue weighted by atomic mass is 10.3. The number of oxazole rings is 1. The summed E-state index contributed by atoms with van der Waals surface area (Å²) in [6.07, 6.45) is 0. The minimum Gasteiger partial charge on any atom is -0.432 e. The second-order valence-electron chi connectivity index (χ2n) is 3.22. The quantitative estimate of drug-likeness (QED) is 0.777. The zero-order valence-electron chi connectivity index (χ0n) is 8.30. The SMILES string of the molecule is CC(=O)c1nc2cccc(S(N)(=O)=O)c2o1. The number of nitrogens with two attached hydrogens (primary N) is 1. The third-order valence-corrected chi connectivity index (χ3v) is 2.92. The van der Waals surface area contributed by atoms with Crippen LogP contribution in [0.1, 0.15) is 17.6 Å². The Kier molecular flexibility index (Phi) is 2.28. The van der Waals surface area contributed by atoms with Crippen LogP contribution in [0.3, 0.4) is 0 Å². The van der Waals surface area contributed by atoms with Crippen LogP contribution in [0.15, 0.2) is 27.5 Å². The molecule has 6 nitrogen and oxygen atoms in total. The minimum atomic E-state index is -3.89. The Morgan fingerprint density at radius 1 is 1.44 bits per heavy atom. The molecule has 0 radical (unpaired) electrons. The summed E-state index contributed by atoms with van der Waals surface area (Å²) >= 11 is 0. The summed E-state index contributed by atoms with van der Waals surface area (Å²) in [5.41, 5.74) is 0.298. The van der Waals surface area contributed by atoms with Gasteiger partial charge in [0.1, 0.15) is 10.4 Å². The number of hydrogen-bond acceptors (Lipinski definition) is 5. The molecule has 0 amide bonds. The van der Waals surface area contributed by atoms with E-state index in [9.17, 15) is 13.2 Å². The van der Waals surface area contributed by atoms with E-state index in [1.807, 2.05) is 0 Å². The van der Waals surface area contributed by atoms with E-state index in [4.69, 9.17) is 9.56 Å². The Hall–Kier alpha value is -1.73. The molecule has 16 heavy (non-hydrogen) atoms. The van der Waals surface area contributed by atoms with Gasteiger partial charge in [0.15, 0.2) is 5.58 Å². The number of primary sulfonamides is 1. The summed E-state index contributed by atoms with van der Waals surface area (Å²) < 4.78 is 27.5. The van der Waals surface area contributed by atoms with Crippen LogP contribution in [0.4, 0.5) is 0 Å². The molecule has 2 N–H and O–H groups in total. The number of Topliss-reactive ketones (excluding diaryl/α,β-unsaturated/α-hetero) is 1. The fourth-order valence-electron chi connectivity index (χ4n) is 1.30. The highest BCUT2D eigenvalue weighted by atomic mass is 32.2. The molecule has 0 aliphatic heterocycles. The molecule has 7 heteroatoms. The lowest BCUT2D eigenvalue weighted by Gasteiger charge is -1.96. The maximum atomic E-state index is 11.2. The largest absolute Gasteiger partial charge is 0.432 e. The monoisotopic (exact) mass is 240 g/mol. The van der Waals surface area contributed by atoms with E-state index in [2.05, 4.69) is 4.98 Å². The number of ketones is 1. The number of rotatable bonds is 2. The van der Waals surface area contributed by atoms with Crippen molar-refractivity contribution < 1.29 is 17.6 Å². The van der Waals surface area contributed by atoms with Crippen molar-refractivity contribution in [2.75, 3.05) is 0 Å². The second-order valence-corrected chi connectivity index (χ2v) is 4.75. The zero-order chi connectivity index (χ0) is 11.9. The first-order valence-corrected chi connectivity index (χ1v) is 5.87. The van der Waals surface area contributed by atoms with E-state index < -0.39 is 10.0 Å². The molecule has 1 heterocycles. The Balaban J connectivity index is 2.83. The number of sulfonamides is 1. The van der Waals surface area contributed by atoms with E-state index in [0.717, 1.165) is 0 Å². The number of nitrogens with zero attached hydrogens (tertiary/aromatic N) is 1. The summed E-state index contributed by atoms with van der Waals surface area (Å²) in [6, 6.07) is 4.32. The molecule has 0 fully saturated rings. The lowest BCUT2D eigenvalue weighted by Crippen LogP contribution is -2.12. The van der Waals surface area contributed by atoms with Crippen molar-refractivity contribution in [3.05, 3.63) is 24.1 Å². The van der Waals surface area contributed by atoms with Gasteiger partial charge in [0.25, 0.3) is 5.89 Å². The fourth-order valence-corrected chi connectivity index (χ4v) is 1.97. The lowest BCUT2D eigenvalue weighted by molar-refractivity contribution is 0.0982. The van der Waals surface area contributed by atoms with E-state index in [0.29, 0.717) is 0 Å². The van der Waals surface area contributed by atoms with Gasteiger partial charge in [-0.1, -0.05) is 6.07 Å². The first-order valence-electron chi connectivity index (χ1n) is 4.33. The summed E-state index contributed by atoms with van der Waals surface area (Å²) in [5, 5.41) is 5.01. The van der Waals surface area contributed by atoms with Crippen LogP contribution < -0.4 is 5.14 Å². The van der Waals surface area contributed by atoms with Crippen LogP contribution in [0.2, 0.25) is 0 Å². The van der Waals surface area contributed by atoms with Gasteiger partial charge in [-0.05, 0) is 12.1 Å². The predicted molar refractivity (Wildman–Crippen MR) is 55.4 cm³/mol. The van der Waals surface area contributed by atoms with Crippen LogP contribution in [-0.2, 0) is 10.0 Å². The number of hydrogen-bond donors (Lipinski definition) is 1. The summed E-state index contributed by atoms with van der Waals surface area (Å²) in [7, 11) is -3.89. The Labute approximate surface area is 91.1 Å². The highest BCUT2D eigenvalue weighted by Gasteiger charge is 2.18. The standard InChI is InChI=1S/C9H8N2O4S/c1-5(12)9-11-6-3-2-4-7(8(6)15-9)16(10,13)14/h2-4H,1H3,(H2,10,13,14). The molecule has 2 aromatic rings. The zero-order valence-corrected chi connectivity index (χ0v) is 9.11. The first-order chi connectivity index (χ1) is 7.39. The molecule has 2 rings (SSSR count). The van der Waals surface area contributed by atoms with Gasteiger partial charge in [-0.3, -0.25) is 4.79 Å². The maximum absolute atomic E-state index is 11.2. The molecule has 0 unspecified atom stereocenters. The molecule has 0 atom stereocenters. The minimum absolute atomic E-state index is 0.00944. The molecule has 0 saturated heterocycles. The Morgan fingerprint density at radius 3 is 2.69 bits per heavy atom. The molecule has 1 aromatic carbocycles. The van der Waals surface area contributed by atoms with Crippen LogP contribution in [0.25, 0.3) is 11.1 Å².